The molecule has 0 rings (SSSR count). The molecule has 0 saturated heterocycles. The average molecular weight is 764 g/mol. The van der Waals surface area contributed by atoms with Crippen LogP contribution in [0.5, 0.6) is 0 Å². The molecule has 0 aliphatic heterocycles. The van der Waals surface area contributed by atoms with Gasteiger partial charge in [-0.1, -0.05) is 141 Å². The van der Waals surface area contributed by atoms with Crippen LogP contribution >= 0.6 is 0 Å². The fourth-order valence-electron chi connectivity index (χ4n) is 6.33. The zero-order chi connectivity index (χ0) is 39.6. The number of likely N-dealkylation sites (N-methyl/N-ethyl adjacent to an activating group) is 1. The van der Waals surface area contributed by atoms with E-state index < -0.39 is 12.1 Å². The van der Waals surface area contributed by atoms with Gasteiger partial charge in [-0.05, 0) is 84.2 Å². The first kappa shape index (κ1) is 51.8. The van der Waals surface area contributed by atoms with Crippen molar-refractivity contribution in [2.45, 2.75) is 213 Å². The molecule has 0 unspecified atom stereocenters. The van der Waals surface area contributed by atoms with Crippen LogP contribution in [-0.4, -0.2) is 74.0 Å². The molecular weight excluding hydrogens is 679 g/mol. The summed E-state index contributed by atoms with van der Waals surface area (Å²) in [5.74, 6) is -1.06. The predicted octanol–water partition coefficient (Wildman–Crippen LogP) is 11.8. The van der Waals surface area contributed by atoms with E-state index in [0.29, 0.717) is 32.4 Å². The quantitative estimate of drug-likeness (QED) is 0.0284. The molecule has 1 N–H and O–H groups in total. The molecule has 0 amide bonds. The highest BCUT2D eigenvalue weighted by Gasteiger charge is 2.19. The van der Waals surface area contributed by atoms with Crippen LogP contribution in [-0.2, 0) is 28.6 Å². The van der Waals surface area contributed by atoms with Crippen molar-refractivity contribution in [1.82, 2.24) is 4.90 Å². The summed E-state index contributed by atoms with van der Waals surface area (Å²) < 4.78 is 16.5. The van der Waals surface area contributed by atoms with Gasteiger partial charge >= 0.3 is 17.9 Å². The molecule has 8 nitrogen and oxygen atoms in total. The van der Waals surface area contributed by atoms with Crippen LogP contribution < -0.4 is 0 Å². The van der Waals surface area contributed by atoms with E-state index in [-0.39, 0.29) is 38.2 Å². The summed E-state index contributed by atoms with van der Waals surface area (Å²) in [7, 11) is 1.88. The second-order valence-electron chi connectivity index (χ2n) is 15.3. The molecule has 0 aromatic carbocycles. The molecule has 0 saturated carbocycles. The highest BCUT2D eigenvalue weighted by atomic mass is 16.6. The average Bonchev–Trinajstić information content (AvgIpc) is 3.15. The second-order valence-corrected chi connectivity index (χ2v) is 15.3. The Hall–Kier alpha value is -2.19. The minimum Gasteiger partial charge on any atom is -0.462 e. The van der Waals surface area contributed by atoms with Crippen molar-refractivity contribution in [1.29, 1.82) is 0 Å². The number of nitrogens with zero attached hydrogens (tertiary/aromatic N) is 1. The molecule has 0 radical (unpaired) electrons. The van der Waals surface area contributed by atoms with Crippen LogP contribution in [0.2, 0.25) is 0 Å². The highest BCUT2D eigenvalue weighted by molar-refractivity contribution is 5.71. The van der Waals surface area contributed by atoms with Crippen molar-refractivity contribution in [3.63, 3.8) is 0 Å². The number of esters is 3. The van der Waals surface area contributed by atoms with Gasteiger partial charge in [0.15, 0.2) is 6.10 Å². The van der Waals surface area contributed by atoms with E-state index in [1.807, 2.05) is 11.9 Å². The molecule has 316 valence electrons. The standard InChI is InChI=1S/C46H85NO7/c1-4-6-8-10-12-14-16-18-20-22-24-26-28-30-32-35-44(49)52-41-43(54-46(51)37-34-38-47(3)39-40-48)42-53-45(50)36-33-31-29-27-25-23-21-19-17-15-13-11-9-7-5-2/h18-21,43,48H,4-17,22-42H2,1-3H3/b20-18-,21-19-. The highest BCUT2D eigenvalue weighted by Crippen LogP contribution is 2.13. The Bertz CT molecular complexity index is 849. The van der Waals surface area contributed by atoms with Gasteiger partial charge in [0.2, 0.25) is 0 Å². The number of unbranched alkanes of at least 4 members (excludes halogenated alkanes) is 22. The predicted molar refractivity (Wildman–Crippen MR) is 225 cm³/mol. The first-order valence-corrected chi connectivity index (χ1v) is 22.5. The zero-order valence-electron chi connectivity index (χ0n) is 35.5. The van der Waals surface area contributed by atoms with Crippen molar-refractivity contribution < 1.29 is 33.7 Å². The van der Waals surface area contributed by atoms with E-state index in [4.69, 9.17) is 19.3 Å². The van der Waals surface area contributed by atoms with Gasteiger partial charge in [0.25, 0.3) is 0 Å². The zero-order valence-corrected chi connectivity index (χ0v) is 35.5. The smallest absolute Gasteiger partial charge is 0.306 e. The molecule has 0 heterocycles. The number of aliphatic hydroxyl groups excluding tert-OH is 1. The van der Waals surface area contributed by atoms with Gasteiger partial charge < -0.3 is 24.2 Å². The van der Waals surface area contributed by atoms with Crippen LogP contribution in [0.4, 0.5) is 0 Å². The first-order chi connectivity index (χ1) is 26.4. The number of hydrogen-bond donors (Lipinski definition) is 1. The molecule has 0 bridgehead atoms. The van der Waals surface area contributed by atoms with Crippen LogP contribution in [0.25, 0.3) is 0 Å². The molecule has 8 heteroatoms. The Morgan fingerprint density at radius 3 is 1.22 bits per heavy atom. The van der Waals surface area contributed by atoms with E-state index in [1.165, 1.54) is 103 Å². The number of hydrogen-bond acceptors (Lipinski definition) is 8. The van der Waals surface area contributed by atoms with Crippen LogP contribution in [0.3, 0.4) is 0 Å². The van der Waals surface area contributed by atoms with Crippen molar-refractivity contribution in [3.05, 3.63) is 24.3 Å². The Morgan fingerprint density at radius 1 is 0.481 bits per heavy atom. The number of carbonyl (C=O) groups is 3. The third kappa shape index (κ3) is 39.5. The van der Waals surface area contributed by atoms with Crippen LogP contribution in [0, 0.1) is 0 Å². The molecule has 0 spiro atoms. The maximum Gasteiger partial charge on any atom is 0.306 e. The van der Waals surface area contributed by atoms with Crippen LogP contribution in [0.1, 0.15) is 206 Å². The van der Waals surface area contributed by atoms with Crippen molar-refractivity contribution in [3.8, 4) is 0 Å². The van der Waals surface area contributed by atoms with Gasteiger partial charge in [-0.2, -0.15) is 0 Å². The van der Waals surface area contributed by atoms with E-state index >= 15 is 0 Å². The lowest BCUT2D eigenvalue weighted by atomic mass is 10.1. The molecule has 0 aromatic heterocycles. The summed E-state index contributed by atoms with van der Waals surface area (Å²) in [6.45, 7) is 5.51. The lowest BCUT2D eigenvalue weighted by molar-refractivity contribution is -0.167. The fraction of sp³-hybridized carbons (Fsp3) is 0.848. The Morgan fingerprint density at radius 2 is 0.833 bits per heavy atom. The molecule has 0 aliphatic carbocycles. The SMILES string of the molecule is CCCCCCCC/C=C\CCCCCCCC(=O)OCC(COC(=O)CCCCCCC/C=C\CCCCCCCC)OC(=O)CCCN(C)CCO. The Labute approximate surface area is 332 Å². The summed E-state index contributed by atoms with van der Waals surface area (Å²) in [6, 6.07) is 0. The van der Waals surface area contributed by atoms with Gasteiger partial charge in [0.1, 0.15) is 13.2 Å². The molecule has 0 aliphatic rings. The van der Waals surface area contributed by atoms with Crippen molar-refractivity contribution >= 4 is 17.9 Å². The van der Waals surface area contributed by atoms with Crippen molar-refractivity contribution in [2.75, 3.05) is 40.0 Å². The second kappa shape index (κ2) is 42.0. The van der Waals surface area contributed by atoms with Crippen LogP contribution in [0.15, 0.2) is 24.3 Å². The molecule has 0 aromatic rings. The summed E-state index contributed by atoms with van der Waals surface area (Å²) in [6.07, 6.45) is 41.0. The Kier molecular flexibility index (Phi) is 40.3. The van der Waals surface area contributed by atoms with E-state index in [9.17, 15) is 14.4 Å². The summed E-state index contributed by atoms with van der Waals surface area (Å²) in [4.78, 5) is 39.4. The summed E-state index contributed by atoms with van der Waals surface area (Å²) in [5.41, 5.74) is 0. The Balaban J connectivity index is 4.26. The van der Waals surface area contributed by atoms with Gasteiger partial charge in [0.05, 0.1) is 6.61 Å². The van der Waals surface area contributed by atoms with Gasteiger partial charge in [-0.15, -0.1) is 0 Å². The number of allylic oxidation sites excluding steroid dienone is 4. The minimum absolute atomic E-state index is 0.0632. The topological polar surface area (TPSA) is 102 Å². The maximum atomic E-state index is 12.6. The van der Waals surface area contributed by atoms with E-state index in [0.717, 1.165) is 64.2 Å². The third-order valence-electron chi connectivity index (χ3n) is 9.85. The first-order valence-electron chi connectivity index (χ1n) is 22.5. The maximum absolute atomic E-state index is 12.6. The number of aliphatic hydroxyl groups is 1. The fourth-order valence-corrected chi connectivity index (χ4v) is 6.33. The number of ether oxygens (including phenoxy) is 3. The molecule has 54 heavy (non-hydrogen) atoms. The minimum atomic E-state index is -0.830. The summed E-state index contributed by atoms with van der Waals surface area (Å²) >= 11 is 0. The lowest BCUT2D eigenvalue weighted by Gasteiger charge is -2.19. The molecule has 0 atom stereocenters. The number of carbonyl (C=O) groups excluding carboxylic acids is 3. The van der Waals surface area contributed by atoms with Gasteiger partial charge in [-0.25, -0.2) is 0 Å². The van der Waals surface area contributed by atoms with E-state index in [1.54, 1.807) is 0 Å². The van der Waals surface area contributed by atoms with Crippen molar-refractivity contribution in [2.24, 2.45) is 0 Å². The monoisotopic (exact) mass is 764 g/mol. The van der Waals surface area contributed by atoms with Gasteiger partial charge in [0, 0.05) is 25.8 Å². The number of rotatable bonds is 41. The lowest BCUT2D eigenvalue weighted by Crippen LogP contribution is -2.31. The molecule has 0 fully saturated rings. The normalized spacial score (nSPS) is 11.7. The third-order valence-corrected chi connectivity index (χ3v) is 9.85. The van der Waals surface area contributed by atoms with E-state index in [2.05, 4.69) is 38.2 Å². The molecular formula is C46H85NO7. The largest absolute Gasteiger partial charge is 0.462 e. The summed E-state index contributed by atoms with van der Waals surface area (Å²) in [5, 5.41) is 9.08. The van der Waals surface area contributed by atoms with Gasteiger partial charge in [-0.3, -0.25) is 14.4 Å².